The predicted molar refractivity (Wildman–Crippen MR) is 93.8 cm³/mol. The van der Waals surface area contributed by atoms with Crippen molar-refractivity contribution in [1.82, 2.24) is 4.90 Å². The topological polar surface area (TPSA) is 49.4 Å². The summed E-state index contributed by atoms with van der Waals surface area (Å²) in [5.41, 5.74) is 0.595. The van der Waals surface area contributed by atoms with Crippen molar-refractivity contribution in [3.05, 3.63) is 58.1 Å². The van der Waals surface area contributed by atoms with E-state index in [1.807, 2.05) is 0 Å². The molecule has 1 heterocycles. The summed E-state index contributed by atoms with van der Waals surface area (Å²) in [6.07, 6.45) is -7.13. The summed E-state index contributed by atoms with van der Waals surface area (Å²) >= 11 is 5.75. The van der Waals surface area contributed by atoms with E-state index in [9.17, 15) is 30.4 Å². The molecule has 0 amide bonds. The van der Waals surface area contributed by atoms with Crippen LogP contribution in [-0.2, 0) is 29.3 Å². The first-order chi connectivity index (χ1) is 13.0. The van der Waals surface area contributed by atoms with E-state index in [1.54, 1.807) is 6.07 Å². The third kappa shape index (κ3) is 4.56. The molecule has 2 aromatic carbocycles. The molecule has 0 saturated heterocycles. The molecule has 11 heteroatoms. The number of alkyl halides is 5. The molecule has 0 spiro atoms. The van der Waals surface area contributed by atoms with E-state index in [0.29, 0.717) is 24.2 Å². The molecule has 0 atom stereocenters. The van der Waals surface area contributed by atoms with Gasteiger partial charge in [0.1, 0.15) is 4.90 Å². The summed E-state index contributed by atoms with van der Waals surface area (Å²) in [4.78, 5) is 1.03. The second-order valence-electron chi connectivity index (χ2n) is 6.29. The fourth-order valence-electron chi connectivity index (χ4n) is 2.96. The number of hydrogen-bond acceptors (Lipinski definition) is 3. The van der Waals surface area contributed by atoms with E-state index in [4.69, 9.17) is 11.6 Å². The standard InChI is InChI=1S/C17H14ClF5N2O2S/c18-14-6-12(17(21,22)23)2-4-15(14)28(26,27)24-13-3-1-10-7-25(9-16(19)20)8-11(10)5-13/h1-6,16,24H,7-9H2. The molecule has 0 radical (unpaired) electrons. The Morgan fingerprint density at radius 2 is 1.75 bits per heavy atom. The Bertz CT molecular complexity index is 996. The fourth-order valence-corrected chi connectivity index (χ4v) is 4.55. The van der Waals surface area contributed by atoms with E-state index in [-0.39, 0.29) is 12.2 Å². The Labute approximate surface area is 163 Å². The molecular weight excluding hydrogens is 427 g/mol. The van der Waals surface area contributed by atoms with Crippen LogP contribution in [0.1, 0.15) is 16.7 Å². The lowest BCUT2D eigenvalue weighted by molar-refractivity contribution is -0.137. The lowest BCUT2D eigenvalue weighted by Gasteiger charge is -2.13. The van der Waals surface area contributed by atoms with Crippen LogP contribution < -0.4 is 4.72 Å². The van der Waals surface area contributed by atoms with Gasteiger partial charge in [-0.15, -0.1) is 0 Å². The number of nitrogens with one attached hydrogen (secondary N) is 1. The van der Waals surface area contributed by atoms with Crippen molar-refractivity contribution in [2.24, 2.45) is 0 Å². The lowest BCUT2D eigenvalue weighted by Crippen LogP contribution is -2.22. The Morgan fingerprint density at radius 3 is 2.36 bits per heavy atom. The number of halogens is 6. The average Bonchev–Trinajstić information content (AvgIpc) is 2.93. The molecule has 0 saturated carbocycles. The first-order valence-corrected chi connectivity index (χ1v) is 9.84. The van der Waals surface area contributed by atoms with Crippen molar-refractivity contribution in [3.63, 3.8) is 0 Å². The molecule has 1 aliphatic rings. The van der Waals surface area contributed by atoms with E-state index < -0.39 is 44.7 Å². The Balaban J connectivity index is 1.81. The van der Waals surface area contributed by atoms with Crippen LogP contribution in [0.5, 0.6) is 0 Å². The lowest BCUT2D eigenvalue weighted by atomic mass is 10.1. The van der Waals surface area contributed by atoms with E-state index in [1.165, 1.54) is 17.0 Å². The van der Waals surface area contributed by atoms with Gasteiger partial charge in [-0.1, -0.05) is 17.7 Å². The number of nitrogens with zero attached hydrogens (tertiary/aromatic N) is 1. The van der Waals surface area contributed by atoms with Gasteiger partial charge in [0.05, 0.1) is 17.1 Å². The van der Waals surface area contributed by atoms with E-state index in [0.717, 1.165) is 11.6 Å². The molecule has 0 aromatic heterocycles. The number of hydrogen-bond donors (Lipinski definition) is 1. The molecule has 4 nitrogen and oxygen atoms in total. The van der Waals surface area contributed by atoms with Crippen LogP contribution in [0, 0.1) is 0 Å². The van der Waals surface area contributed by atoms with Crippen molar-refractivity contribution >= 4 is 27.3 Å². The third-order valence-corrected chi connectivity index (χ3v) is 6.06. The SMILES string of the molecule is O=S(=O)(Nc1ccc2c(c1)CN(CC(F)F)C2)c1ccc(C(F)(F)F)cc1Cl. The number of fused-ring (bicyclic) bond motifs is 1. The van der Waals surface area contributed by atoms with Gasteiger partial charge in [-0.2, -0.15) is 13.2 Å². The molecule has 1 aliphatic heterocycles. The third-order valence-electron chi connectivity index (χ3n) is 4.19. The summed E-state index contributed by atoms with van der Waals surface area (Å²) in [6, 6.07) is 6.54. The Morgan fingerprint density at radius 1 is 1.07 bits per heavy atom. The van der Waals surface area contributed by atoms with Gasteiger partial charge in [-0.3, -0.25) is 9.62 Å². The number of anilines is 1. The average molecular weight is 441 g/mol. The minimum absolute atomic E-state index is 0.161. The van der Waals surface area contributed by atoms with Crippen LogP contribution >= 0.6 is 11.6 Å². The minimum Gasteiger partial charge on any atom is -0.289 e. The second-order valence-corrected chi connectivity index (χ2v) is 8.35. The summed E-state index contributed by atoms with van der Waals surface area (Å²) in [5, 5.41) is -0.563. The predicted octanol–water partition coefficient (Wildman–Crippen LogP) is 4.74. The highest BCUT2D eigenvalue weighted by molar-refractivity contribution is 7.92. The van der Waals surface area contributed by atoms with Gasteiger partial charge in [-0.05, 0) is 41.5 Å². The first kappa shape index (κ1) is 20.8. The van der Waals surface area contributed by atoms with Crippen molar-refractivity contribution in [2.45, 2.75) is 30.6 Å². The van der Waals surface area contributed by atoms with Crippen LogP contribution in [0.3, 0.4) is 0 Å². The van der Waals surface area contributed by atoms with Crippen LogP contribution in [0.15, 0.2) is 41.3 Å². The van der Waals surface area contributed by atoms with E-state index >= 15 is 0 Å². The largest absolute Gasteiger partial charge is 0.416 e. The van der Waals surface area contributed by atoms with Gasteiger partial charge >= 0.3 is 6.18 Å². The van der Waals surface area contributed by atoms with Crippen molar-refractivity contribution in [3.8, 4) is 0 Å². The molecule has 0 unspecified atom stereocenters. The highest BCUT2D eigenvalue weighted by atomic mass is 35.5. The van der Waals surface area contributed by atoms with Crippen LogP contribution in [-0.4, -0.2) is 26.3 Å². The maximum atomic E-state index is 12.7. The van der Waals surface area contributed by atoms with Crippen molar-refractivity contribution in [1.29, 1.82) is 0 Å². The summed E-state index contributed by atoms with van der Waals surface area (Å²) in [6.45, 7) is 0.185. The zero-order chi connectivity index (χ0) is 20.7. The van der Waals surface area contributed by atoms with Gasteiger partial charge in [0, 0.05) is 18.8 Å². The smallest absolute Gasteiger partial charge is 0.289 e. The zero-order valence-corrected chi connectivity index (χ0v) is 15.7. The van der Waals surface area contributed by atoms with Crippen molar-refractivity contribution < 1.29 is 30.4 Å². The van der Waals surface area contributed by atoms with Crippen LogP contribution in [0.4, 0.5) is 27.6 Å². The molecule has 0 aliphatic carbocycles. The van der Waals surface area contributed by atoms with Gasteiger partial charge in [0.25, 0.3) is 16.4 Å². The minimum atomic E-state index is -4.65. The molecule has 2 aromatic rings. The van der Waals surface area contributed by atoms with Gasteiger partial charge < -0.3 is 0 Å². The quantitative estimate of drug-likeness (QED) is 0.683. The van der Waals surface area contributed by atoms with Crippen LogP contribution in [0.25, 0.3) is 0 Å². The zero-order valence-electron chi connectivity index (χ0n) is 14.1. The fraction of sp³-hybridized carbons (Fsp3) is 0.294. The number of sulfonamides is 1. The monoisotopic (exact) mass is 440 g/mol. The summed E-state index contributed by atoms with van der Waals surface area (Å²) in [5.74, 6) is 0. The number of benzene rings is 2. The summed E-state index contributed by atoms with van der Waals surface area (Å²) < 4.78 is 90.4. The first-order valence-electron chi connectivity index (χ1n) is 7.97. The number of rotatable bonds is 5. The Kier molecular flexibility index (Phi) is 5.57. The summed E-state index contributed by atoms with van der Waals surface area (Å²) in [7, 11) is -4.24. The van der Waals surface area contributed by atoms with Crippen LogP contribution in [0.2, 0.25) is 5.02 Å². The molecular formula is C17H14ClF5N2O2S. The van der Waals surface area contributed by atoms with Gasteiger partial charge in [-0.25, -0.2) is 17.2 Å². The van der Waals surface area contributed by atoms with Gasteiger partial charge in [0.2, 0.25) is 0 Å². The molecule has 0 bridgehead atoms. The maximum absolute atomic E-state index is 12.7. The molecule has 152 valence electrons. The highest BCUT2D eigenvalue weighted by Crippen LogP contribution is 2.34. The maximum Gasteiger partial charge on any atom is 0.416 e. The molecule has 1 N–H and O–H groups in total. The van der Waals surface area contributed by atoms with E-state index in [2.05, 4.69) is 4.72 Å². The highest BCUT2D eigenvalue weighted by Gasteiger charge is 2.32. The Hall–Kier alpha value is -1.91. The molecule has 3 rings (SSSR count). The normalized spacial score (nSPS) is 15.1. The second kappa shape index (κ2) is 7.49. The van der Waals surface area contributed by atoms with Gasteiger partial charge in [0.15, 0.2) is 0 Å². The molecule has 28 heavy (non-hydrogen) atoms. The molecule has 0 fully saturated rings. The van der Waals surface area contributed by atoms with Crippen molar-refractivity contribution in [2.75, 3.05) is 11.3 Å².